The first-order valence-electron chi connectivity index (χ1n) is 6.75. The molecule has 6 heteroatoms. The van der Waals surface area contributed by atoms with Gasteiger partial charge in [-0.15, -0.1) is 0 Å². The molecule has 1 aliphatic rings. The van der Waals surface area contributed by atoms with Gasteiger partial charge in [0.15, 0.2) is 0 Å². The van der Waals surface area contributed by atoms with Crippen LogP contribution < -0.4 is 0 Å². The zero-order valence-electron chi connectivity index (χ0n) is 11.7. The smallest absolute Gasteiger partial charge is 0.333 e. The summed E-state index contributed by atoms with van der Waals surface area (Å²) in [6.45, 7) is 4.44. The van der Waals surface area contributed by atoms with Gasteiger partial charge in [-0.25, -0.2) is 4.79 Å². The standard InChI is InChI=1S/C14H22O6/c1-9(2)13(17)19-7-12(16)8-20-14(18)10-4-3-5-11(15)6-10/h10-12,15-16H,1,3-8H2,2H3. The summed E-state index contributed by atoms with van der Waals surface area (Å²) in [6.07, 6.45) is 1.08. The van der Waals surface area contributed by atoms with Gasteiger partial charge in [-0.1, -0.05) is 13.0 Å². The third-order valence-corrected chi connectivity index (χ3v) is 3.15. The van der Waals surface area contributed by atoms with Crippen molar-refractivity contribution in [3.63, 3.8) is 0 Å². The average molecular weight is 286 g/mol. The van der Waals surface area contributed by atoms with Crippen LogP contribution in [0.15, 0.2) is 12.2 Å². The second kappa shape index (κ2) is 8.01. The van der Waals surface area contributed by atoms with Crippen LogP contribution in [-0.2, 0) is 19.1 Å². The fourth-order valence-electron chi connectivity index (χ4n) is 2.02. The third kappa shape index (κ3) is 5.71. The normalized spacial score (nSPS) is 23.8. The molecule has 6 nitrogen and oxygen atoms in total. The minimum atomic E-state index is -1.06. The molecule has 3 atom stereocenters. The molecule has 1 aliphatic carbocycles. The lowest BCUT2D eigenvalue weighted by molar-refractivity contribution is -0.156. The minimum absolute atomic E-state index is 0.227. The van der Waals surface area contributed by atoms with Gasteiger partial charge in [-0.2, -0.15) is 0 Å². The summed E-state index contributed by atoms with van der Waals surface area (Å²) in [4.78, 5) is 22.8. The van der Waals surface area contributed by atoms with Crippen molar-refractivity contribution in [2.24, 2.45) is 5.92 Å². The molecule has 0 heterocycles. The van der Waals surface area contributed by atoms with Crippen LogP contribution in [0, 0.1) is 5.92 Å². The Labute approximate surface area is 118 Å². The number of carbonyl (C=O) groups is 2. The van der Waals surface area contributed by atoms with E-state index in [9.17, 15) is 19.8 Å². The van der Waals surface area contributed by atoms with Crippen LogP contribution in [0.4, 0.5) is 0 Å². The molecule has 0 amide bonds. The number of ether oxygens (including phenoxy) is 2. The summed E-state index contributed by atoms with van der Waals surface area (Å²) >= 11 is 0. The molecule has 0 aromatic heterocycles. The zero-order chi connectivity index (χ0) is 15.1. The van der Waals surface area contributed by atoms with Crippen molar-refractivity contribution >= 4 is 11.9 Å². The fourth-order valence-corrected chi connectivity index (χ4v) is 2.02. The van der Waals surface area contributed by atoms with E-state index in [1.807, 2.05) is 0 Å². The molecule has 20 heavy (non-hydrogen) atoms. The summed E-state index contributed by atoms with van der Waals surface area (Å²) in [6, 6.07) is 0. The summed E-state index contributed by atoms with van der Waals surface area (Å²) in [5, 5.41) is 19.0. The lowest BCUT2D eigenvalue weighted by atomic mass is 9.87. The molecule has 3 unspecified atom stereocenters. The van der Waals surface area contributed by atoms with Gasteiger partial charge in [0.25, 0.3) is 0 Å². The van der Waals surface area contributed by atoms with Gasteiger partial charge in [0, 0.05) is 5.57 Å². The zero-order valence-corrected chi connectivity index (χ0v) is 11.7. The second-order valence-corrected chi connectivity index (χ2v) is 5.18. The highest BCUT2D eigenvalue weighted by atomic mass is 16.6. The van der Waals surface area contributed by atoms with Gasteiger partial charge in [0.05, 0.1) is 12.0 Å². The quantitative estimate of drug-likeness (QED) is 0.547. The summed E-state index contributed by atoms with van der Waals surface area (Å²) < 4.78 is 9.71. The first-order chi connectivity index (χ1) is 9.40. The van der Waals surface area contributed by atoms with E-state index in [0.29, 0.717) is 19.3 Å². The molecule has 0 aromatic carbocycles. The van der Waals surface area contributed by atoms with Crippen molar-refractivity contribution in [2.45, 2.75) is 44.8 Å². The lowest BCUT2D eigenvalue weighted by Gasteiger charge is -2.24. The highest BCUT2D eigenvalue weighted by molar-refractivity contribution is 5.86. The van der Waals surface area contributed by atoms with Gasteiger partial charge < -0.3 is 19.7 Å². The van der Waals surface area contributed by atoms with Crippen molar-refractivity contribution in [3.8, 4) is 0 Å². The molecular weight excluding hydrogens is 264 g/mol. The van der Waals surface area contributed by atoms with E-state index in [1.54, 1.807) is 0 Å². The molecule has 1 fully saturated rings. The molecule has 2 N–H and O–H groups in total. The summed E-state index contributed by atoms with van der Waals surface area (Å²) in [5.41, 5.74) is 0.241. The molecule has 1 saturated carbocycles. The predicted molar refractivity (Wildman–Crippen MR) is 70.7 cm³/mol. The van der Waals surface area contributed by atoms with Gasteiger partial charge in [0.1, 0.15) is 19.3 Å². The Kier molecular flexibility index (Phi) is 6.67. The van der Waals surface area contributed by atoms with E-state index in [2.05, 4.69) is 6.58 Å². The van der Waals surface area contributed by atoms with E-state index >= 15 is 0 Å². The molecule has 0 saturated heterocycles. The van der Waals surface area contributed by atoms with E-state index in [-0.39, 0.29) is 24.7 Å². The average Bonchev–Trinajstić information content (AvgIpc) is 2.41. The molecule has 114 valence electrons. The molecule has 0 aliphatic heterocycles. The van der Waals surface area contributed by atoms with Crippen LogP contribution in [0.5, 0.6) is 0 Å². The molecule has 0 spiro atoms. The predicted octanol–water partition coefficient (Wildman–Crippen LogP) is 0.561. The fraction of sp³-hybridized carbons (Fsp3) is 0.714. The number of hydrogen-bond donors (Lipinski definition) is 2. The number of carbonyl (C=O) groups excluding carboxylic acids is 2. The second-order valence-electron chi connectivity index (χ2n) is 5.18. The Morgan fingerprint density at radius 2 is 1.95 bits per heavy atom. The molecular formula is C14H22O6. The number of aliphatic hydroxyl groups excluding tert-OH is 2. The molecule has 0 bridgehead atoms. The van der Waals surface area contributed by atoms with Crippen LogP contribution in [0.2, 0.25) is 0 Å². The van der Waals surface area contributed by atoms with E-state index in [0.717, 1.165) is 6.42 Å². The minimum Gasteiger partial charge on any atom is -0.463 e. The van der Waals surface area contributed by atoms with Crippen molar-refractivity contribution in [1.82, 2.24) is 0 Å². The largest absolute Gasteiger partial charge is 0.463 e. The Hall–Kier alpha value is -1.40. The number of hydrogen-bond acceptors (Lipinski definition) is 6. The lowest BCUT2D eigenvalue weighted by Crippen LogP contribution is -2.31. The van der Waals surface area contributed by atoms with Crippen LogP contribution >= 0.6 is 0 Å². The molecule has 0 aromatic rings. The molecule has 0 radical (unpaired) electrons. The maximum absolute atomic E-state index is 11.7. The highest BCUT2D eigenvalue weighted by Gasteiger charge is 2.27. The first kappa shape index (κ1) is 16.7. The molecule has 1 rings (SSSR count). The van der Waals surface area contributed by atoms with Crippen LogP contribution in [0.1, 0.15) is 32.6 Å². The monoisotopic (exact) mass is 286 g/mol. The Balaban J connectivity index is 2.23. The SMILES string of the molecule is C=C(C)C(=O)OCC(O)COC(=O)C1CCCC(O)C1. The van der Waals surface area contributed by atoms with Crippen molar-refractivity contribution in [1.29, 1.82) is 0 Å². The van der Waals surface area contributed by atoms with Gasteiger partial charge in [0.2, 0.25) is 0 Å². The maximum Gasteiger partial charge on any atom is 0.333 e. The Morgan fingerprint density at radius 1 is 1.30 bits per heavy atom. The van der Waals surface area contributed by atoms with Gasteiger partial charge in [-0.05, 0) is 26.2 Å². The third-order valence-electron chi connectivity index (χ3n) is 3.15. The van der Waals surface area contributed by atoms with Crippen LogP contribution in [0.25, 0.3) is 0 Å². The van der Waals surface area contributed by atoms with E-state index in [1.165, 1.54) is 6.92 Å². The van der Waals surface area contributed by atoms with Crippen LogP contribution in [0.3, 0.4) is 0 Å². The van der Waals surface area contributed by atoms with E-state index < -0.39 is 24.1 Å². The van der Waals surface area contributed by atoms with Crippen molar-refractivity contribution < 1.29 is 29.3 Å². The summed E-state index contributed by atoms with van der Waals surface area (Å²) in [7, 11) is 0. The Bertz CT molecular complexity index is 365. The Morgan fingerprint density at radius 3 is 2.55 bits per heavy atom. The summed E-state index contributed by atoms with van der Waals surface area (Å²) in [5.74, 6) is -1.33. The van der Waals surface area contributed by atoms with Gasteiger partial charge in [-0.3, -0.25) is 4.79 Å². The number of rotatable bonds is 6. The number of esters is 2. The number of aliphatic hydroxyl groups is 2. The van der Waals surface area contributed by atoms with E-state index in [4.69, 9.17) is 9.47 Å². The van der Waals surface area contributed by atoms with Crippen molar-refractivity contribution in [3.05, 3.63) is 12.2 Å². The highest BCUT2D eigenvalue weighted by Crippen LogP contribution is 2.25. The first-order valence-corrected chi connectivity index (χ1v) is 6.75. The topological polar surface area (TPSA) is 93.1 Å². The van der Waals surface area contributed by atoms with Crippen molar-refractivity contribution in [2.75, 3.05) is 13.2 Å². The van der Waals surface area contributed by atoms with Crippen LogP contribution in [-0.4, -0.2) is 47.6 Å². The van der Waals surface area contributed by atoms with Gasteiger partial charge >= 0.3 is 11.9 Å². The maximum atomic E-state index is 11.7.